The molecule has 2 heterocycles. The van der Waals surface area contributed by atoms with E-state index in [9.17, 15) is 14.4 Å². The van der Waals surface area contributed by atoms with Crippen LogP contribution in [-0.4, -0.2) is 35.7 Å². The molecule has 2 aromatic carbocycles. The Morgan fingerprint density at radius 3 is 2.41 bits per heavy atom. The van der Waals surface area contributed by atoms with Gasteiger partial charge < -0.3 is 10.2 Å². The maximum absolute atomic E-state index is 12.9. The van der Waals surface area contributed by atoms with Crippen LogP contribution in [0.25, 0.3) is 0 Å². The van der Waals surface area contributed by atoms with Gasteiger partial charge in [0.15, 0.2) is 0 Å². The Kier molecular flexibility index (Phi) is 6.47. The summed E-state index contributed by atoms with van der Waals surface area (Å²) < 4.78 is 0. The fraction of sp³-hybridized carbons (Fsp3) is 0.261. The highest BCUT2D eigenvalue weighted by atomic mass is 35.5. The molecule has 2 aliphatic heterocycles. The van der Waals surface area contributed by atoms with Gasteiger partial charge in [-0.1, -0.05) is 41.7 Å². The molecule has 32 heavy (non-hydrogen) atoms. The zero-order chi connectivity index (χ0) is 23.0. The molecule has 0 aliphatic carbocycles. The molecular weight excluding hydrogens is 473 g/mol. The molecule has 2 aliphatic rings. The van der Waals surface area contributed by atoms with Gasteiger partial charge in [-0.2, -0.15) is 0 Å². The molecule has 0 radical (unpaired) electrons. The first kappa shape index (κ1) is 22.6. The summed E-state index contributed by atoms with van der Waals surface area (Å²) in [5.74, 6) is -0.845. The summed E-state index contributed by atoms with van der Waals surface area (Å²) in [7, 11) is 0. The Morgan fingerprint density at radius 1 is 1.03 bits per heavy atom. The third-order valence-corrected chi connectivity index (χ3v) is 6.41. The number of piperidine rings is 1. The van der Waals surface area contributed by atoms with E-state index in [0.29, 0.717) is 22.2 Å². The van der Waals surface area contributed by atoms with Crippen molar-refractivity contribution in [3.05, 3.63) is 68.8 Å². The van der Waals surface area contributed by atoms with Gasteiger partial charge >= 0.3 is 0 Å². The van der Waals surface area contributed by atoms with E-state index in [1.54, 1.807) is 24.3 Å². The van der Waals surface area contributed by atoms with Crippen molar-refractivity contribution in [2.45, 2.75) is 19.8 Å². The average Bonchev–Trinajstić information content (AvgIpc) is 2.97. The third-order valence-electron chi connectivity index (χ3n) is 5.52. The lowest BCUT2D eigenvalue weighted by molar-refractivity contribution is -0.120. The van der Waals surface area contributed by atoms with E-state index >= 15 is 0 Å². The summed E-state index contributed by atoms with van der Waals surface area (Å²) in [6.07, 6.45) is 2.14. The minimum Gasteiger partial charge on any atom is -0.350 e. The second-order valence-corrected chi connectivity index (χ2v) is 9.15. The van der Waals surface area contributed by atoms with Gasteiger partial charge in [0.25, 0.3) is 17.7 Å². The maximum Gasteiger partial charge on any atom is 0.283 e. The molecule has 1 fully saturated rings. The fourth-order valence-electron chi connectivity index (χ4n) is 3.89. The number of amides is 3. The molecule has 1 saturated heterocycles. The van der Waals surface area contributed by atoms with E-state index in [2.05, 4.69) is 12.2 Å². The van der Waals surface area contributed by atoms with Crippen LogP contribution in [0.2, 0.25) is 10.0 Å². The van der Waals surface area contributed by atoms with Crippen LogP contribution in [-0.2, 0) is 9.59 Å². The molecule has 3 amide bonds. The number of carbonyl (C=O) groups excluding carboxylic acids is 3. The lowest BCUT2D eigenvalue weighted by Crippen LogP contribution is -2.39. The van der Waals surface area contributed by atoms with Gasteiger partial charge in [-0.25, -0.2) is 4.90 Å². The Hall–Kier alpha value is -2.54. The predicted molar refractivity (Wildman–Crippen MR) is 126 cm³/mol. The Balaban J connectivity index is 1.50. The summed E-state index contributed by atoms with van der Waals surface area (Å²) in [6.45, 7) is 3.65. The summed E-state index contributed by atoms with van der Waals surface area (Å²) in [6, 6.07) is 11.2. The van der Waals surface area contributed by atoms with Gasteiger partial charge in [-0.3, -0.25) is 14.4 Å². The topological polar surface area (TPSA) is 69.7 Å². The zero-order valence-corrected chi connectivity index (χ0v) is 19.5. The number of nitrogens with one attached hydrogen (secondary N) is 1. The molecule has 166 valence electrons. The molecule has 6 nitrogen and oxygen atoms in total. The monoisotopic (exact) mass is 491 g/mol. The average molecular weight is 493 g/mol. The van der Waals surface area contributed by atoms with Crippen molar-refractivity contribution in [3.8, 4) is 0 Å². The van der Waals surface area contributed by atoms with E-state index < -0.39 is 11.8 Å². The van der Waals surface area contributed by atoms with E-state index in [0.717, 1.165) is 30.8 Å². The van der Waals surface area contributed by atoms with Gasteiger partial charge in [-0.05, 0) is 61.2 Å². The number of anilines is 2. The van der Waals surface area contributed by atoms with Crippen molar-refractivity contribution in [2.75, 3.05) is 23.3 Å². The summed E-state index contributed by atoms with van der Waals surface area (Å²) in [5, 5.41) is 3.18. The van der Waals surface area contributed by atoms with Crippen LogP contribution >= 0.6 is 34.8 Å². The van der Waals surface area contributed by atoms with Gasteiger partial charge in [0.05, 0.1) is 10.7 Å². The quantitative estimate of drug-likeness (QED) is 0.588. The fourth-order valence-corrected chi connectivity index (χ4v) is 4.60. The van der Waals surface area contributed by atoms with Gasteiger partial charge in [-0.15, -0.1) is 0 Å². The van der Waals surface area contributed by atoms with Crippen molar-refractivity contribution in [1.29, 1.82) is 0 Å². The highest BCUT2D eigenvalue weighted by Crippen LogP contribution is 2.35. The second kappa shape index (κ2) is 9.14. The first-order valence-corrected chi connectivity index (χ1v) is 11.3. The van der Waals surface area contributed by atoms with Crippen molar-refractivity contribution >= 4 is 63.9 Å². The molecule has 0 saturated carbocycles. The van der Waals surface area contributed by atoms with Crippen molar-refractivity contribution < 1.29 is 14.4 Å². The minimum atomic E-state index is -0.686. The number of likely N-dealkylation sites (tertiary alicyclic amines) is 1. The molecule has 4 rings (SSSR count). The Labute approximate surface area is 200 Å². The number of hydrogen-bond acceptors (Lipinski definition) is 4. The molecule has 9 heteroatoms. The normalized spacial score (nSPS) is 19.1. The lowest BCUT2D eigenvalue weighted by Gasteiger charge is -2.31. The maximum atomic E-state index is 12.9. The van der Waals surface area contributed by atoms with Gasteiger partial charge in [0.2, 0.25) is 0 Å². The summed E-state index contributed by atoms with van der Waals surface area (Å²) >= 11 is 18.2. The highest BCUT2D eigenvalue weighted by molar-refractivity contribution is 6.53. The Bertz CT molecular complexity index is 1130. The molecule has 1 N–H and O–H groups in total. The number of rotatable bonds is 4. The predicted octanol–water partition coefficient (Wildman–Crippen LogP) is 5.30. The summed E-state index contributed by atoms with van der Waals surface area (Å²) in [5.41, 5.74) is 1.21. The van der Waals surface area contributed by atoms with E-state index in [1.165, 1.54) is 18.2 Å². The van der Waals surface area contributed by atoms with Crippen LogP contribution < -0.4 is 10.2 Å². The third kappa shape index (κ3) is 4.35. The SMILES string of the molecule is CC1CCCN(C(=O)c2ccc(NC3=C(Cl)C(=O)N(c4ccc(Cl)cc4Cl)C3=O)cc2)C1. The number of carbonyl (C=O) groups is 3. The molecule has 1 atom stereocenters. The molecule has 1 unspecified atom stereocenters. The van der Waals surface area contributed by atoms with Crippen LogP contribution in [0.3, 0.4) is 0 Å². The first-order valence-electron chi connectivity index (χ1n) is 10.2. The minimum absolute atomic E-state index is 0.0176. The zero-order valence-electron chi connectivity index (χ0n) is 17.2. The van der Waals surface area contributed by atoms with E-state index in [4.69, 9.17) is 34.8 Å². The number of nitrogens with zero attached hydrogens (tertiary/aromatic N) is 2. The molecule has 2 aromatic rings. The molecular formula is C23H20Cl3N3O3. The smallest absolute Gasteiger partial charge is 0.283 e. The van der Waals surface area contributed by atoms with Crippen molar-refractivity contribution in [2.24, 2.45) is 5.92 Å². The highest BCUT2D eigenvalue weighted by Gasteiger charge is 2.39. The lowest BCUT2D eigenvalue weighted by atomic mass is 9.99. The van der Waals surface area contributed by atoms with E-state index in [-0.39, 0.29) is 27.3 Å². The first-order chi connectivity index (χ1) is 15.3. The van der Waals surface area contributed by atoms with Crippen molar-refractivity contribution in [1.82, 2.24) is 4.90 Å². The van der Waals surface area contributed by atoms with Crippen LogP contribution in [0.1, 0.15) is 30.1 Å². The number of halogens is 3. The largest absolute Gasteiger partial charge is 0.350 e. The van der Waals surface area contributed by atoms with Gasteiger partial charge in [0.1, 0.15) is 10.7 Å². The van der Waals surface area contributed by atoms with Crippen LogP contribution in [0, 0.1) is 5.92 Å². The summed E-state index contributed by atoms with van der Waals surface area (Å²) in [4.78, 5) is 41.1. The Morgan fingerprint density at radius 2 is 1.75 bits per heavy atom. The second-order valence-electron chi connectivity index (χ2n) is 7.93. The van der Waals surface area contributed by atoms with Crippen LogP contribution in [0.4, 0.5) is 11.4 Å². The number of imide groups is 1. The molecule has 0 spiro atoms. The number of benzene rings is 2. The van der Waals surface area contributed by atoms with Gasteiger partial charge in [0, 0.05) is 29.4 Å². The van der Waals surface area contributed by atoms with Crippen molar-refractivity contribution in [3.63, 3.8) is 0 Å². The standard InChI is InChI=1S/C23H20Cl3N3O3/c1-13-3-2-10-28(12-13)21(30)14-4-7-16(8-5-14)27-20-19(26)22(31)29(23(20)32)18-9-6-15(24)11-17(18)25/h4-9,11,13,27H,2-3,10,12H2,1H3. The van der Waals surface area contributed by atoms with Crippen LogP contribution in [0.5, 0.6) is 0 Å². The van der Waals surface area contributed by atoms with Crippen LogP contribution in [0.15, 0.2) is 53.2 Å². The molecule has 0 aromatic heterocycles. The number of hydrogen-bond donors (Lipinski definition) is 1. The molecule has 0 bridgehead atoms. The van der Waals surface area contributed by atoms with E-state index in [1.807, 2.05) is 4.90 Å².